The van der Waals surface area contributed by atoms with E-state index in [1.165, 1.54) is 6.42 Å². The second-order valence-electron chi connectivity index (χ2n) is 4.88. The quantitative estimate of drug-likeness (QED) is 0.643. The van der Waals surface area contributed by atoms with Crippen LogP contribution in [0.1, 0.15) is 25.7 Å². The summed E-state index contributed by atoms with van der Waals surface area (Å²) in [6, 6.07) is -0.570. The van der Waals surface area contributed by atoms with Crippen LogP contribution < -0.4 is 11.1 Å². The lowest BCUT2D eigenvalue weighted by atomic mass is 9.66. The molecule has 1 aliphatic carbocycles. The fourth-order valence-corrected chi connectivity index (χ4v) is 2.17. The van der Waals surface area contributed by atoms with Crippen molar-refractivity contribution in [2.75, 3.05) is 34.0 Å². The fourth-order valence-electron chi connectivity index (χ4n) is 2.17. The lowest BCUT2D eigenvalue weighted by Crippen LogP contribution is -2.49. The zero-order valence-corrected chi connectivity index (χ0v) is 10.8. The van der Waals surface area contributed by atoms with E-state index in [2.05, 4.69) is 5.32 Å². The molecule has 1 rings (SSSR count). The van der Waals surface area contributed by atoms with Crippen molar-refractivity contribution in [3.8, 4) is 0 Å². The average molecular weight is 244 g/mol. The van der Waals surface area contributed by atoms with Crippen LogP contribution in [0.15, 0.2) is 0 Å². The van der Waals surface area contributed by atoms with E-state index in [4.69, 9.17) is 15.2 Å². The van der Waals surface area contributed by atoms with Crippen LogP contribution in [0, 0.1) is 5.41 Å². The minimum atomic E-state index is -0.570. The van der Waals surface area contributed by atoms with Gasteiger partial charge in [0.15, 0.2) is 0 Å². The zero-order valence-electron chi connectivity index (χ0n) is 10.8. The van der Waals surface area contributed by atoms with Crippen LogP contribution in [0.4, 0.5) is 0 Å². The van der Waals surface area contributed by atoms with E-state index in [9.17, 15) is 4.79 Å². The van der Waals surface area contributed by atoms with Gasteiger partial charge < -0.3 is 20.5 Å². The van der Waals surface area contributed by atoms with Crippen molar-refractivity contribution in [2.45, 2.75) is 31.7 Å². The predicted octanol–water partition coefficient (Wildman–Crippen LogP) is 0.283. The van der Waals surface area contributed by atoms with Gasteiger partial charge in [0.25, 0.3) is 0 Å². The maximum absolute atomic E-state index is 11.6. The molecule has 3 N–H and O–H groups in total. The molecule has 1 fully saturated rings. The molecule has 0 aliphatic heterocycles. The number of carbonyl (C=O) groups excluding carboxylic acids is 1. The average Bonchev–Trinajstić information content (AvgIpc) is 2.27. The molecule has 1 unspecified atom stereocenters. The highest BCUT2D eigenvalue weighted by molar-refractivity contribution is 5.81. The third-order valence-electron chi connectivity index (χ3n) is 3.57. The van der Waals surface area contributed by atoms with E-state index in [0.717, 1.165) is 25.9 Å². The number of methoxy groups -OCH3 is 2. The Morgan fingerprint density at radius 2 is 2.12 bits per heavy atom. The maximum atomic E-state index is 11.6. The highest BCUT2D eigenvalue weighted by Crippen LogP contribution is 2.43. The standard InChI is InChI=1S/C12H24N2O3/c1-16-7-6-12(4-3-5-12)9-14-11(15)10(13)8-17-2/h10H,3-9,13H2,1-2H3,(H,14,15). The number of hydrogen-bond acceptors (Lipinski definition) is 4. The molecule has 17 heavy (non-hydrogen) atoms. The highest BCUT2D eigenvalue weighted by atomic mass is 16.5. The Kier molecular flexibility index (Phi) is 5.88. The topological polar surface area (TPSA) is 73.6 Å². The summed E-state index contributed by atoms with van der Waals surface area (Å²) in [6.07, 6.45) is 4.57. The molecular weight excluding hydrogens is 220 g/mol. The van der Waals surface area contributed by atoms with Gasteiger partial charge in [0, 0.05) is 27.4 Å². The van der Waals surface area contributed by atoms with E-state index in [-0.39, 0.29) is 17.9 Å². The van der Waals surface area contributed by atoms with Crippen molar-refractivity contribution in [3.63, 3.8) is 0 Å². The van der Waals surface area contributed by atoms with E-state index >= 15 is 0 Å². The number of amides is 1. The Labute approximate surface area is 103 Å². The van der Waals surface area contributed by atoms with Crippen LogP contribution in [0.25, 0.3) is 0 Å². The molecule has 0 spiro atoms. The molecule has 0 aromatic rings. The van der Waals surface area contributed by atoms with Crippen LogP contribution in [-0.4, -0.2) is 45.9 Å². The SMILES string of the molecule is COCCC1(CNC(=O)C(N)COC)CCC1. The first kappa shape index (κ1) is 14.4. The lowest BCUT2D eigenvalue weighted by Gasteiger charge is -2.42. The minimum Gasteiger partial charge on any atom is -0.385 e. The monoisotopic (exact) mass is 244 g/mol. The van der Waals surface area contributed by atoms with Crippen LogP contribution in [-0.2, 0) is 14.3 Å². The van der Waals surface area contributed by atoms with Gasteiger partial charge in [-0.05, 0) is 24.7 Å². The summed E-state index contributed by atoms with van der Waals surface area (Å²) in [5.41, 5.74) is 5.89. The Bertz CT molecular complexity index is 242. The third kappa shape index (κ3) is 4.26. The molecule has 0 heterocycles. The molecule has 1 aliphatic rings. The smallest absolute Gasteiger partial charge is 0.239 e. The molecule has 0 aromatic carbocycles. The van der Waals surface area contributed by atoms with Gasteiger partial charge >= 0.3 is 0 Å². The Hall–Kier alpha value is -0.650. The molecule has 1 atom stereocenters. The van der Waals surface area contributed by atoms with Gasteiger partial charge in [-0.1, -0.05) is 6.42 Å². The summed E-state index contributed by atoms with van der Waals surface area (Å²) in [4.78, 5) is 11.6. The fraction of sp³-hybridized carbons (Fsp3) is 0.917. The van der Waals surface area contributed by atoms with E-state index in [0.29, 0.717) is 6.54 Å². The summed E-state index contributed by atoms with van der Waals surface area (Å²) >= 11 is 0. The van der Waals surface area contributed by atoms with Crippen LogP contribution in [0.3, 0.4) is 0 Å². The lowest BCUT2D eigenvalue weighted by molar-refractivity contribution is -0.124. The first-order chi connectivity index (χ1) is 8.13. The number of nitrogens with two attached hydrogens (primary N) is 1. The third-order valence-corrected chi connectivity index (χ3v) is 3.57. The van der Waals surface area contributed by atoms with Crippen LogP contribution in [0.5, 0.6) is 0 Å². The van der Waals surface area contributed by atoms with Gasteiger partial charge in [-0.15, -0.1) is 0 Å². The predicted molar refractivity (Wildman–Crippen MR) is 65.6 cm³/mol. The second kappa shape index (κ2) is 6.93. The van der Waals surface area contributed by atoms with Gasteiger partial charge in [0.1, 0.15) is 6.04 Å². The van der Waals surface area contributed by atoms with Gasteiger partial charge in [-0.3, -0.25) is 4.79 Å². The number of rotatable bonds is 8. The van der Waals surface area contributed by atoms with Gasteiger partial charge in [0.2, 0.25) is 5.91 Å². The summed E-state index contributed by atoms with van der Waals surface area (Å²) < 4.78 is 9.96. The molecule has 1 amide bonds. The minimum absolute atomic E-state index is 0.129. The van der Waals surface area contributed by atoms with E-state index in [1.54, 1.807) is 14.2 Å². The zero-order chi connectivity index (χ0) is 12.7. The molecule has 0 radical (unpaired) electrons. The molecule has 1 saturated carbocycles. The molecule has 5 heteroatoms. The summed E-state index contributed by atoms with van der Waals surface area (Å²) in [7, 11) is 3.25. The summed E-state index contributed by atoms with van der Waals surface area (Å²) in [5, 5.41) is 2.92. The number of nitrogens with one attached hydrogen (secondary N) is 1. The van der Waals surface area contributed by atoms with E-state index in [1.807, 2.05) is 0 Å². The number of ether oxygens (including phenoxy) is 2. The molecule has 0 bridgehead atoms. The second-order valence-corrected chi connectivity index (χ2v) is 4.88. The Morgan fingerprint density at radius 3 is 2.59 bits per heavy atom. The normalized spacial score (nSPS) is 19.5. The first-order valence-electron chi connectivity index (χ1n) is 6.15. The number of hydrogen-bond donors (Lipinski definition) is 2. The van der Waals surface area contributed by atoms with Crippen molar-refractivity contribution in [1.29, 1.82) is 0 Å². The maximum Gasteiger partial charge on any atom is 0.239 e. The first-order valence-corrected chi connectivity index (χ1v) is 6.15. The van der Waals surface area contributed by atoms with E-state index < -0.39 is 6.04 Å². The molecule has 100 valence electrons. The number of carbonyl (C=O) groups is 1. The van der Waals surface area contributed by atoms with Crippen LogP contribution in [0.2, 0.25) is 0 Å². The van der Waals surface area contributed by atoms with Crippen molar-refractivity contribution in [1.82, 2.24) is 5.32 Å². The largest absolute Gasteiger partial charge is 0.385 e. The van der Waals surface area contributed by atoms with Crippen LogP contribution >= 0.6 is 0 Å². The molecular formula is C12H24N2O3. The van der Waals surface area contributed by atoms with Gasteiger partial charge in [-0.2, -0.15) is 0 Å². The van der Waals surface area contributed by atoms with Crippen molar-refractivity contribution < 1.29 is 14.3 Å². The van der Waals surface area contributed by atoms with Gasteiger partial charge in [0.05, 0.1) is 6.61 Å². The highest BCUT2D eigenvalue weighted by Gasteiger charge is 2.36. The molecule has 5 nitrogen and oxygen atoms in total. The molecule has 0 saturated heterocycles. The Balaban J connectivity index is 2.29. The van der Waals surface area contributed by atoms with Gasteiger partial charge in [-0.25, -0.2) is 0 Å². The van der Waals surface area contributed by atoms with Crippen molar-refractivity contribution >= 4 is 5.91 Å². The van der Waals surface area contributed by atoms with Crippen molar-refractivity contribution in [3.05, 3.63) is 0 Å². The summed E-state index contributed by atoms with van der Waals surface area (Å²) in [5.74, 6) is -0.129. The summed E-state index contributed by atoms with van der Waals surface area (Å²) in [6.45, 7) is 1.71. The Morgan fingerprint density at radius 1 is 1.41 bits per heavy atom. The van der Waals surface area contributed by atoms with Crippen molar-refractivity contribution in [2.24, 2.45) is 11.1 Å². The molecule has 0 aromatic heterocycles.